The minimum Gasteiger partial charge on any atom is -0.497 e. The van der Waals surface area contributed by atoms with E-state index in [2.05, 4.69) is 0 Å². The van der Waals surface area contributed by atoms with Gasteiger partial charge in [0.2, 0.25) is 0 Å². The molecule has 0 saturated carbocycles. The van der Waals surface area contributed by atoms with Gasteiger partial charge in [-0.2, -0.15) is 0 Å². The van der Waals surface area contributed by atoms with Crippen molar-refractivity contribution in [1.29, 1.82) is 0 Å². The van der Waals surface area contributed by atoms with E-state index in [4.69, 9.17) is 13.8 Å². The van der Waals surface area contributed by atoms with Crippen LogP contribution in [0.5, 0.6) is 5.75 Å². The summed E-state index contributed by atoms with van der Waals surface area (Å²) in [7, 11) is -1.79. The summed E-state index contributed by atoms with van der Waals surface area (Å²) in [4.78, 5) is 12.0. The number of carbonyl (C=O) groups excluding carboxylic acids is 1. The number of rotatable bonds is 8. The number of methoxy groups -OCH3 is 1. The number of carbonyl (C=O) groups is 1. The lowest BCUT2D eigenvalue weighted by molar-refractivity contribution is 0.100. The highest BCUT2D eigenvalue weighted by atomic mass is 31.2. The summed E-state index contributed by atoms with van der Waals surface area (Å²) in [5.74, 6) is 0.391. The molecule has 5 nitrogen and oxygen atoms in total. The van der Waals surface area contributed by atoms with Crippen molar-refractivity contribution in [3.8, 4) is 5.75 Å². The molecule has 1 aromatic rings. The number of ether oxygens (including phenoxy) is 1. The van der Waals surface area contributed by atoms with E-state index in [9.17, 15) is 9.36 Å². The van der Waals surface area contributed by atoms with Crippen LogP contribution in [0.3, 0.4) is 0 Å². The molecule has 0 amide bonds. The molecular weight excluding hydrogens is 267 g/mol. The van der Waals surface area contributed by atoms with Crippen LogP contribution in [0.2, 0.25) is 0 Å². The zero-order valence-corrected chi connectivity index (χ0v) is 12.3. The zero-order chi connectivity index (χ0) is 14.3. The fourth-order valence-electron chi connectivity index (χ4n) is 1.57. The van der Waals surface area contributed by atoms with Crippen molar-refractivity contribution in [2.75, 3.05) is 26.5 Å². The Kier molecular flexibility index (Phi) is 6.22. The van der Waals surface area contributed by atoms with Gasteiger partial charge in [-0.3, -0.25) is 9.36 Å². The average molecular weight is 286 g/mol. The molecule has 0 bridgehead atoms. The van der Waals surface area contributed by atoms with Gasteiger partial charge in [0.05, 0.1) is 20.3 Å². The molecule has 0 aliphatic heterocycles. The van der Waals surface area contributed by atoms with Gasteiger partial charge in [0.15, 0.2) is 5.78 Å². The maximum absolute atomic E-state index is 12.2. The second-order valence-electron chi connectivity index (χ2n) is 3.76. The highest BCUT2D eigenvalue weighted by Gasteiger charge is 2.28. The van der Waals surface area contributed by atoms with E-state index in [1.807, 2.05) is 0 Å². The van der Waals surface area contributed by atoms with Gasteiger partial charge >= 0.3 is 7.60 Å². The van der Waals surface area contributed by atoms with E-state index in [0.29, 0.717) is 11.3 Å². The summed E-state index contributed by atoms with van der Waals surface area (Å²) < 4.78 is 27.4. The molecule has 1 rings (SSSR count). The monoisotopic (exact) mass is 286 g/mol. The van der Waals surface area contributed by atoms with Crippen LogP contribution in [0, 0.1) is 0 Å². The van der Waals surface area contributed by atoms with Crippen molar-refractivity contribution in [3.05, 3.63) is 29.8 Å². The Morgan fingerprint density at radius 3 is 2.05 bits per heavy atom. The second kappa shape index (κ2) is 7.43. The SMILES string of the molecule is CCOP(=O)(CC(=O)c1ccc(OC)cc1)OCC. The fourth-order valence-corrected chi connectivity index (χ4v) is 3.14. The van der Waals surface area contributed by atoms with Crippen molar-refractivity contribution >= 4 is 13.4 Å². The summed E-state index contributed by atoms with van der Waals surface area (Å²) in [6.45, 7) is 3.91. The Morgan fingerprint density at radius 1 is 1.11 bits per heavy atom. The van der Waals surface area contributed by atoms with Gasteiger partial charge in [0.1, 0.15) is 11.9 Å². The van der Waals surface area contributed by atoms with Gasteiger partial charge in [-0.1, -0.05) is 0 Å². The number of ketones is 1. The molecule has 0 heterocycles. The van der Waals surface area contributed by atoms with E-state index in [1.54, 1.807) is 45.2 Å². The van der Waals surface area contributed by atoms with Gasteiger partial charge in [0, 0.05) is 5.56 Å². The van der Waals surface area contributed by atoms with Gasteiger partial charge in [-0.05, 0) is 38.1 Å². The van der Waals surface area contributed by atoms with Crippen LogP contribution < -0.4 is 4.74 Å². The van der Waals surface area contributed by atoms with Crippen molar-refractivity contribution in [1.82, 2.24) is 0 Å². The van der Waals surface area contributed by atoms with Crippen LogP contribution in [0.4, 0.5) is 0 Å². The van der Waals surface area contributed by atoms with E-state index >= 15 is 0 Å². The Bertz CT molecular complexity index is 445. The first-order valence-corrected chi connectivity index (χ1v) is 7.82. The minimum atomic E-state index is -3.34. The van der Waals surface area contributed by atoms with Crippen LogP contribution in [0.1, 0.15) is 24.2 Å². The molecule has 0 unspecified atom stereocenters. The molecule has 6 heteroatoms. The van der Waals surface area contributed by atoms with Crippen LogP contribution >= 0.6 is 7.60 Å². The van der Waals surface area contributed by atoms with E-state index in [-0.39, 0.29) is 25.2 Å². The first kappa shape index (κ1) is 15.9. The normalized spacial score (nSPS) is 11.3. The standard InChI is InChI=1S/C13H19O5P/c1-4-17-19(15,18-5-2)10-13(14)11-6-8-12(16-3)9-7-11/h6-9H,4-5,10H2,1-3H3. The average Bonchev–Trinajstić information content (AvgIpc) is 2.39. The minimum absolute atomic E-state index is 0.243. The van der Waals surface area contributed by atoms with Crippen molar-refractivity contribution in [2.24, 2.45) is 0 Å². The van der Waals surface area contributed by atoms with Crippen LogP contribution in [-0.4, -0.2) is 32.3 Å². The highest BCUT2D eigenvalue weighted by molar-refractivity contribution is 7.54. The lowest BCUT2D eigenvalue weighted by atomic mass is 10.1. The summed E-state index contributed by atoms with van der Waals surface area (Å²) in [6, 6.07) is 6.62. The highest BCUT2D eigenvalue weighted by Crippen LogP contribution is 2.48. The largest absolute Gasteiger partial charge is 0.497 e. The zero-order valence-electron chi connectivity index (χ0n) is 11.4. The van der Waals surface area contributed by atoms with Gasteiger partial charge in [-0.15, -0.1) is 0 Å². The third-order valence-corrected chi connectivity index (χ3v) is 4.38. The molecule has 0 atom stereocenters. The first-order chi connectivity index (χ1) is 9.04. The molecule has 0 aromatic heterocycles. The molecule has 106 valence electrons. The lowest BCUT2D eigenvalue weighted by Gasteiger charge is -2.16. The Labute approximate surface area is 113 Å². The molecule has 19 heavy (non-hydrogen) atoms. The quantitative estimate of drug-likeness (QED) is 0.542. The lowest BCUT2D eigenvalue weighted by Crippen LogP contribution is -2.10. The van der Waals surface area contributed by atoms with Crippen LogP contribution in [-0.2, 0) is 13.6 Å². The predicted molar refractivity (Wildman–Crippen MR) is 73.1 cm³/mol. The van der Waals surface area contributed by atoms with Crippen LogP contribution in [0.15, 0.2) is 24.3 Å². The topological polar surface area (TPSA) is 61.8 Å². The summed E-state index contributed by atoms with van der Waals surface area (Å²) in [6.07, 6.45) is -0.249. The Morgan fingerprint density at radius 2 is 1.63 bits per heavy atom. The molecular formula is C13H19O5P. The fraction of sp³-hybridized carbons (Fsp3) is 0.462. The molecule has 0 aliphatic rings. The Hall–Kier alpha value is -1.16. The third-order valence-electron chi connectivity index (χ3n) is 2.40. The number of benzene rings is 1. The smallest absolute Gasteiger partial charge is 0.338 e. The molecule has 0 saturated heterocycles. The Balaban J connectivity index is 2.78. The maximum atomic E-state index is 12.2. The molecule has 0 radical (unpaired) electrons. The van der Waals surface area contributed by atoms with Gasteiger partial charge < -0.3 is 13.8 Å². The van der Waals surface area contributed by atoms with Crippen molar-refractivity contribution < 1.29 is 23.1 Å². The summed E-state index contributed by atoms with van der Waals surface area (Å²) in [5.41, 5.74) is 0.459. The maximum Gasteiger partial charge on any atom is 0.338 e. The number of hydrogen-bond donors (Lipinski definition) is 0. The van der Waals surface area contributed by atoms with Crippen LogP contribution in [0.25, 0.3) is 0 Å². The molecule has 1 aromatic carbocycles. The molecule has 0 spiro atoms. The first-order valence-electron chi connectivity index (χ1n) is 6.10. The predicted octanol–water partition coefficient (Wildman–Crippen LogP) is 3.14. The van der Waals surface area contributed by atoms with Gasteiger partial charge in [-0.25, -0.2) is 0 Å². The van der Waals surface area contributed by atoms with Gasteiger partial charge in [0.25, 0.3) is 0 Å². The number of hydrogen-bond acceptors (Lipinski definition) is 5. The van der Waals surface area contributed by atoms with E-state index in [0.717, 1.165) is 0 Å². The summed E-state index contributed by atoms with van der Waals surface area (Å²) >= 11 is 0. The second-order valence-corrected chi connectivity index (χ2v) is 5.81. The van der Waals surface area contributed by atoms with E-state index in [1.165, 1.54) is 0 Å². The summed E-state index contributed by atoms with van der Waals surface area (Å²) in [5, 5.41) is 0. The van der Waals surface area contributed by atoms with Crippen molar-refractivity contribution in [2.45, 2.75) is 13.8 Å². The molecule has 0 aliphatic carbocycles. The number of Topliss-reactive ketones (excluding diaryl/α,β-unsaturated/α-hetero) is 1. The third kappa shape index (κ3) is 4.78. The van der Waals surface area contributed by atoms with Crippen molar-refractivity contribution in [3.63, 3.8) is 0 Å². The van der Waals surface area contributed by atoms with E-state index < -0.39 is 7.60 Å². The molecule has 0 N–H and O–H groups in total. The molecule has 0 fully saturated rings.